The number of aromatic nitrogens is 5. The van der Waals surface area contributed by atoms with Gasteiger partial charge in [-0.3, -0.25) is 4.57 Å². The highest BCUT2D eigenvalue weighted by atomic mass is 32.1. The molecule has 6 heteroatoms. The van der Waals surface area contributed by atoms with Gasteiger partial charge in [-0.2, -0.15) is 4.37 Å². The molecule has 0 saturated heterocycles. The molecule has 0 atom stereocenters. The smallest absolute Gasteiger partial charge is 0.147 e. The first-order valence-electron chi connectivity index (χ1n) is 6.05. The van der Waals surface area contributed by atoms with Crippen LogP contribution in [0.1, 0.15) is 0 Å². The average molecular weight is 279 g/mol. The zero-order valence-electron chi connectivity index (χ0n) is 10.3. The van der Waals surface area contributed by atoms with Crippen LogP contribution in [0.5, 0.6) is 0 Å². The van der Waals surface area contributed by atoms with Crippen molar-refractivity contribution in [1.82, 2.24) is 23.9 Å². The molecule has 0 aliphatic rings. The van der Waals surface area contributed by atoms with Crippen molar-refractivity contribution in [3.63, 3.8) is 0 Å². The number of benzene rings is 1. The number of hydrogen-bond acceptors (Lipinski definition) is 5. The molecule has 0 unspecified atom stereocenters. The van der Waals surface area contributed by atoms with Crippen molar-refractivity contribution in [1.29, 1.82) is 0 Å². The van der Waals surface area contributed by atoms with Gasteiger partial charge >= 0.3 is 0 Å². The van der Waals surface area contributed by atoms with E-state index in [9.17, 15) is 0 Å². The van der Waals surface area contributed by atoms with E-state index in [-0.39, 0.29) is 0 Å². The number of nitrogens with zero attached hydrogens (tertiary/aromatic N) is 5. The maximum Gasteiger partial charge on any atom is 0.147 e. The minimum Gasteiger partial charge on any atom is -0.300 e. The van der Waals surface area contributed by atoms with Crippen LogP contribution in [-0.4, -0.2) is 23.9 Å². The molecule has 96 valence electrons. The van der Waals surface area contributed by atoms with Gasteiger partial charge in [-0.05, 0) is 29.7 Å². The van der Waals surface area contributed by atoms with Crippen LogP contribution in [0, 0.1) is 0 Å². The van der Waals surface area contributed by atoms with Gasteiger partial charge in [-0.15, -0.1) is 0 Å². The van der Waals surface area contributed by atoms with E-state index in [0.717, 1.165) is 22.5 Å². The first-order chi connectivity index (χ1) is 9.92. The molecule has 4 aromatic rings. The lowest BCUT2D eigenvalue weighted by Crippen LogP contribution is -1.96. The minimum absolute atomic E-state index is 0.827. The predicted molar refractivity (Wildman–Crippen MR) is 77.8 cm³/mol. The Morgan fingerprint density at radius 2 is 1.95 bits per heavy atom. The van der Waals surface area contributed by atoms with E-state index in [1.54, 1.807) is 18.6 Å². The van der Waals surface area contributed by atoms with Crippen LogP contribution < -0.4 is 0 Å². The van der Waals surface area contributed by atoms with Gasteiger partial charge in [-0.25, -0.2) is 15.0 Å². The summed E-state index contributed by atoms with van der Waals surface area (Å²) in [6, 6.07) is 6.25. The molecule has 0 fully saturated rings. The Hall–Kier alpha value is -2.60. The topological polar surface area (TPSA) is 56.5 Å². The first kappa shape index (κ1) is 11.2. The zero-order chi connectivity index (χ0) is 13.4. The van der Waals surface area contributed by atoms with Gasteiger partial charge in [0.2, 0.25) is 0 Å². The second kappa shape index (κ2) is 4.50. The molecule has 5 nitrogen and oxygen atoms in total. The van der Waals surface area contributed by atoms with E-state index in [2.05, 4.69) is 37.5 Å². The van der Waals surface area contributed by atoms with Crippen LogP contribution >= 0.6 is 11.5 Å². The summed E-state index contributed by atoms with van der Waals surface area (Å²) in [5, 5.41) is 1.14. The Kier molecular flexibility index (Phi) is 2.53. The summed E-state index contributed by atoms with van der Waals surface area (Å²) in [6.07, 6.45) is 10.6. The van der Waals surface area contributed by atoms with E-state index >= 15 is 0 Å². The summed E-state index contributed by atoms with van der Waals surface area (Å²) < 4.78 is 7.40. The highest BCUT2D eigenvalue weighted by Crippen LogP contribution is 2.24. The molecule has 0 amide bonds. The summed E-state index contributed by atoms with van der Waals surface area (Å²) in [4.78, 5) is 12.5. The molecule has 0 aliphatic carbocycles. The molecule has 1 aromatic carbocycles. The molecule has 0 aliphatic heterocycles. The molecule has 0 radical (unpaired) electrons. The fourth-order valence-electron chi connectivity index (χ4n) is 2.15. The SMILES string of the molecule is c1ncc(-c2nccn2-c2ccc3sncc3c2)cn1. The van der Waals surface area contributed by atoms with Gasteiger partial charge in [0.05, 0.1) is 10.3 Å². The fraction of sp³-hybridized carbons (Fsp3) is 0. The van der Waals surface area contributed by atoms with Gasteiger partial charge in [0.15, 0.2) is 0 Å². The van der Waals surface area contributed by atoms with Crippen LogP contribution in [0.4, 0.5) is 0 Å². The van der Waals surface area contributed by atoms with Gasteiger partial charge in [-0.1, -0.05) is 0 Å². The minimum atomic E-state index is 0.827. The molecular weight excluding hydrogens is 270 g/mol. The summed E-state index contributed by atoms with van der Waals surface area (Å²) in [5.41, 5.74) is 1.94. The van der Waals surface area contributed by atoms with E-state index in [0.29, 0.717) is 0 Å². The van der Waals surface area contributed by atoms with Crippen LogP contribution in [-0.2, 0) is 0 Å². The van der Waals surface area contributed by atoms with Crippen LogP contribution in [0.25, 0.3) is 27.2 Å². The highest BCUT2D eigenvalue weighted by Gasteiger charge is 2.09. The maximum absolute atomic E-state index is 4.40. The summed E-state index contributed by atoms with van der Waals surface area (Å²) in [7, 11) is 0. The van der Waals surface area contributed by atoms with E-state index in [1.807, 2.05) is 17.0 Å². The highest BCUT2D eigenvalue weighted by molar-refractivity contribution is 7.13. The molecular formula is C14H9N5S. The van der Waals surface area contributed by atoms with Gasteiger partial charge in [0.1, 0.15) is 12.2 Å². The Morgan fingerprint density at radius 3 is 2.85 bits per heavy atom. The molecule has 3 aromatic heterocycles. The molecule has 4 rings (SSSR count). The number of rotatable bonds is 2. The van der Waals surface area contributed by atoms with Crippen molar-refractivity contribution in [2.75, 3.05) is 0 Å². The van der Waals surface area contributed by atoms with Crippen LogP contribution in [0.2, 0.25) is 0 Å². The summed E-state index contributed by atoms with van der Waals surface area (Å²) in [6.45, 7) is 0. The third-order valence-electron chi connectivity index (χ3n) is 3.07. The van der Waals surface area contributed by atoms with Crippen molar-refractivity contribution in [2.24, 2.45) is 0 Å². The molecule has 20 heavy (non-hydrogen) atoms. The Balaban J connectivity index is 1.88. The van der Waals surface area contributed by atoms with E-state index in [1.165, 1.54) is 22.6 Å². The molecule has 0 N–H and O–H groups in total. The van der Waals surface area contributed by atoms with Crippen LogP contribution in [0.15, 0.2) is 55.5 Å². The second-order valence-corrected chi connectivity index (χ2v) is 5.13. The first-order valence-corrected chi connectivity index (χ1v) is 6.83. The lowest BCUT2D eigenvalue weighted by molar-refractivity contribution is 1.05. The van der Waals surface area contributed by atoms with Gasteiger partial charge in [0, 0.05) is 42.1 Å². The number of hydrogen-bond donors (Lipinski definition) is 0. The molecule has 0 spiro atoms. The summed E-state index contributed by atoms with van der Waals surface area (Å²) >= 11 is 1.50. The third kappa shape index (κ3) is 1.78. The van der Waals surface area contributed by atoms with Crippen molar-refractivity contribution >= 4 is 21.6 Å². The third-order valence-corrected chi connectivity index (χ3v) is 3.85. The monoisotopic (exact) mass is 279 g/mol. The van der Waals surface area contributed by atoms with Crippen molar-refractivity contribution < 1.29 is 0 Å². The number of fused-ring (bicyclic) bond motifs is 1. The van der Waals surface area contributed by atoms with Gasteiger partial charge in [0.25, 0.3) is 0 Å². The fourth-order valence-corrected chi connectivity index (χ4v) is 2.78. The Labute approximate surface area is 118 Å². The van der Waals surface area contributed by atoms with E-state index in [4.69, 9.17) is 0 Å². The van der Waals surface area contributed by atoms with Crippen molar-refractivity contribution in [2.45, 2.75) is 0 Å². The molecule has 0 bridgehead atoms. The van der Waals surface area contributed by atoms with Crippen molar-refractivity contribution in [3.8, 4) is 17.1 Å². The quantitative estimate of drug-likeness (QED) is 0.566. The Morgan fingerprint density at radius 1 is 1.05 bits per heavy atom. The van der Waals surface area contributed by atoms with Crippen LogP contribution in [0.3, 0.4) is 0 Å². The average Bonchev–Trinajstić information content (AvgIpc) is 3.16. The van der Waals surface area contributed by atoms with Crippen molar-refractivity contribution in [3.05, 3.63) is 55.5 Å². The zero-order valence-corrected chi connectivity index (χ0v) is 11.2. The maximum atomic E-state index is 4.40. The number of imidazole rings is 1. The Bertz CT molecular complexity index is 865. The largest absolute Gasteiger partial charge is 0.300 e. The molecule has 3 heterocycles. The predicted octanol–water partition coefficient (Wildman–Crippen LogP) is 2.94. The lowest BCUT2D eigenvalue weighted by atomic mass is 10.2. The second-order valence-electron chi connectivity index (χ2n) is 4.30. The summed E-state index contributed by atoms with van der Waals surface area (Å²) in [5.74, 6) is 0.827. The molecule has 0 saturated carbocycles. The lowest BCUT2D eigenvalue weighted by Gasteiger charge is -2.07. The standard InChI is InChI=1S/C14H9N5S/c1-2-13-10(8-18-20-13)5-12(1)19-4-3-17-14(19)11-6-15-9-16-7-11/h1-9H. The normalized spacial score (nSPS) is 11.0. The van der Waals surface area contributed by atoms with Gasteiger partial charge < -0.3 is 0 Å². The van der Waals surface area contributed by atoms with E-state index < -0.39 is 0 Å².